The van der Waals surface area contributed by atoms with Crippen LogP contribution in [0.3, 0.4) is 0 Å². The summed E-state index contributed by atoms with van der Waals surface area (Å²) in [6.07, 6.45) is 1.52. The third-order valence-electron chi connectivity index (χ3n) is 7.26. The Balaban J connectivity index is 1.73. The number of aliphatic imine (C=N–C) groups is 2. The van der Waals surface area contributed by atoms with E-state index in [1.165, 1.54) is 0 Å². The van der Waals surface area contributed by atoms with Crippen LogP contribution in [0, 0.1) is 0 Å². The van der Waals surface area contributed by atoms with E-state index in [0.717, 1.165) is 27.8 Å². The molecule has 244 valence electrons. The first-order valence-electron chi connectivity index (χ1n) is 15.0. The van der Waals surface area contributed by atoms with Crippen molar-refractivity contribution in [2.45, 2.75) is 50.2 Å². The minimum absolute atomic E-state index is 0.0488. The van der Waals surface area contributed by atoms with Gasteiger partial charge in [0.05, 0.1) is 6.04 Å². The Labute approximate surface area is 268 Å². The quantitative estimate of drug-likeness (QED) is 0.0590. The van der Waals surface area contributed by atoms with Crippen LogP contribution in [0.2, 0.25) is 0 Å². The Morgan fingerprint density at radius 3 is 1.54 bits per heavy atom. The molecule has 3 aromatic carbocycles. The van der Waals surface area contributed by atoms with Gasteiger partial charge >= 0.3 is 0 Å². The van der Waals surface area contributed by atoms with Gasteiger partial charge in [-0.05, 0) is 53.5 Å². The lowest BCUT2D eigenvalue weighted by atomic mass is 9.98. The third-order valence-corrected chi connectivity index (χ3v) is 7.26. The number of guanidine groups is 2. The minimum Gasteiger partial charge on any atom is -0.370 e. The number of primary amides is 1. The number of carbonyl (C=O) groups excluding carboxylic acids is 3. The van der Waals surface area contributed by atoms with Crippen molar-refractivity contribution >= 4 is 29.6 Å². The fourth-order valence-electron chi connectivity index (χ4n) is 4.75. The minimum atomic E-state index is -1.04. The van der Waals surface area contributed by atoms with E-state index in [2.05, 4.69) is 57.0 Å². The summed E-state index contributed by atoms with van der Waals surface area (Å²) < 4.78 is 0. The van der Waals surface area contributed by atoms with E-state index >= 15 is 0 Å². The van der Waals surface area contributed by atoms with Crippen molar-refractivity contribution in [2.75, 3.05) is 13.1 Å². The third kappa shape index (κ3) is 11.6. The molecule has 0 heterocycles. The highest BCUT2D eigenvalue weighted by atomic mass is 16.2. The van der Waals surface area contributed by atoms with Crippen molar-refractivity contribution in [3.63, 3.8) is 0 Å². The summed E-state index contributed by atoms with van der Waals surface area (Å²) in [7, 11) is 0. The maximum absolute atomic E-state index is 13.4. The number of benzene rings is 3. The van der Waals surface area contributed by atoms with Gasteiger partial charge in [-0.25, -0.2) is 0 Å². The molecular weight excluding hydrogens is 584 g/mol. The Hall–Kier alpha value is -5.43. The zero-order valence-electron chi connectivity index (χ0n) is 25.8. The van der Waals surface area contributed by atoms with Crippen molar-refractivity contribution < 1.29 is 14.4 Å². The summed E-state index contributed by atoms with van der Waals surface area (Å²) in [6, 6.07) is 23.1. The fraction of sp³-hybridized carbons (Fsp3) is 0.303. The second-order valence-corrected chi connectivity index (χ2v) is 10.9. The normalized spacial score (nSPS) is 12.6. The second kappa shape index (κ2) is 17.8. The first-order valence-corrected chi connectivity index (χ1v) is 15.0. The summed E-state index contributed by atoms with van der Waals surface area (Å²) in [5.74, 6) is -1.95. The highest BCUT2D eigenvalue weighted by Crippen LogP contribution is 2.25. The first kappa shape index (κ1) is 35.1. The van der Waals surface area contributed by atoms with Crippen molar-refractivity contribution in [1.29, 1.82) is 0 Å². The molecule has 0 fully saturated rings. The van der Waals surface area contributed by atoms with E-state index in [1.807, 2.05) is 42.5 Å². The van der Waals surface area contributed by atoms with Gasteiger partial charge in [-0.1, -0.05) is 78.9 Å². The van der Waals surface area contributed by atoms with E-state index in [4.69, 9.17) is 34.4 Å². The summed E-state index contributed by atoms with van der Waals surface area (Å²) in [5, 5.41) is 5.41. The summed E-state index contributed by atoms with van der Waals surface area (Å²) in [4.78, 5) is 46.4. The Bertz CT molecular complexity index is 1480. The van der Waals surface area contributed by atoms with Gasteiger partial charge in [-0.3, -0.25) is 24.4 Å². The van der Waals surface area contributed by atoms with Crippen LogP contribution in [0.15, 0.2) is 88.8 Å². The van der Waals surface area contributed by atoms with Crippen LogP contribution in [0.1, 0.15) is 31.2 Å². The number of hydrogen-bond donors (Lipinski definition) is 8. The van der Waals surface area contributed by atoms with E-state index in [-0.39, 0.29) is 31.3 Å². The highest BCUT2D eigenvalue weighted by Gasteiger charge is 2.27. The Morgan fingerprint density at radius 2 is 1.04 bits per heavy atom. The summed E-state index contributed by atoms with van der Waals surface area (Å²) >= 11 is 0. The topological polar surface area (TPSA) is 256 Å². The predicted octanol–water partition coefficient (Wildman–Crippen LogP) is 0.453. The van der Waals surface area contributed by atoms with Crippen LogP contribution in [0.25, 0.3) is 22.3 Å². The number of rotatable bonds is 17. The standard InChI is InChI=1S/C33H44N10O3/c34-26(8-4-18-40-32(36)37)30(45)43-28(31(46)42-27(29(35)44)9-5-19-41-33(38)39)20-21-10-12-23(13-11-21)25-16-14-24(15-17-25)22-6-2-1-3-7-22/h1-3,6-7,10-17,26-28H,4-5,8-9,18-20,34H2,(H2,35,44)(H,42,46)(H,43,45)(H4,36,37,40)(H4,38,39,41)/t26-,27-,28-/m0/s1. The number of amides is 3. The maximum atomic E-state index is 13.4. The molecule has 0 aliphatic heterocycles. The van der Waals surface area contributed by atoms with Gasteiger partial charge in [0.1, 0.15) is 12.1 Å². The largest absolute Gasteiger partial charge is 0.370 e. The van der Waals surface area contributed by atoms with Crippen molar-refractivity contribution in [3.05, 3.63) is 84.4 Å². The van der Waals surface area contributed by atoms with E-state index < -0.39 is 35.8 Å². The van der Waals surface area contributed by atoms with Crippen molar-refractivity contribution in [2.24, 2.45) is 44.4 Å². The van der Waals surface area contributed by atoms with Gasteiger partial charge in [0.15, 0.2) is 11.9 Å². The van der Waals surface area contributed by atoms with Gasteiger partial charge in [0.2, 0.25) is 17.7 Å². The molecule has 13 heteroatoms. The number of carbonyl (C=O) groups is 3. The summed E-state index contributed by atoms with van der Waals surface area (Å²) in [5.41, 5.74) is 38.1. The molecule has 0 saturated carbocycles. The smallest absolute Gasteiger partial charge is 0.243 e. The molecule has 3 rings (SSSR count). The predicted molar refractivity (Wildman–Crippen MR) is 182 cm³/mol. The van der Waals surface area contributed by atoms with Gasteiger partial charge in [0.25, 0.3) is 0 Å². The molecule has 14 N–H and O–H groups in total. The lowest BCUT2D eigenvalue weighted by Gasteiger charge is -2.23. The molecule has 46 heavy (non-hydrogen) atoms. The number of nitrogens with one attached hydrogen (secondary N) is 2. The van der Waals surface area contributed by atoms with Crippen LogP contribution < -0.4 is 45.0 Å². The average Bonchev–Trinajstić information content (AvgIpc) is 3.04. The van der Waals surface area contributed by atoms with Gasteiger partial charge in [0, 0.05) is 19.5 Å². The van der Waals surface area contributed by atoms with E-state index in [1.54, 1.807) is 0 Å². The van der Waals surface area contributed by atoms with Gasteiger partial charge in [-0.2, -0.15) is 0 Å². The molecule has 3 atom stereocenters. The number of hydrogen-bond acceptors (Lipinski definition) is 6. The molecule has 0 aliphatic rings. The van der Waals surface area contributed by atoms with Crippen molar-refractivity contribution in [3.8, 4) is 22.3 Å². The molecule has 3 amide bonds. The van der Waals surface area contributed by atoms with Crippen molar-refractivity contribution in [1.82, 2.24) is 10.6 Å². The van der Waals surface area contributed by atoms with Crippen LogP contribution in [-0.2, 0) is 20.8 Å². The lowest BCUT2D eigenvalue weighted by molar-refractivity contribution is -0.131. The molecule has 13 nitrogen and oxygen atoms in total. The van der Waals surface area contributed by atoms with Crippen LogP contribution in [0.4, 0.5) is 0 Å². The van der Waals surface area contributed by atoms with Crippen LogP contribution >= 0.6 is 0 Å². The van der Waals surface area contributed by atoms with Gasteiger partial charge < -0.3 is 45.0 Å². The highest BCUT2D eigenvalue weighted by molar-refractivity contribution is 5.93. The van der Waals surface area contributed by atoms with Crippen LogP contribution in [-0.4, -0.2) is 60.9 Å². The number of nitrogens with two attached hydrogens (primary N) is 6. The first-order chi connectivity index (χ1) is 22.0. The molecule has 0 saturated heterocycles. The molecule has 3 aromatic rings. The Kier molecular flexibility index (Phi) is 13.5. The molecule has 0 bridgehead atoms. The zero-order valence-corrected chi connectivity index (χ0v) is 25.8. The Morgan fingerprint density at radius 1 is 0.587 bits per heavy atom. The molecule has 0 radical (unpaired) electrons. The lowest BCUT2D eigenvalue weighted by Crippen LogP contribution is -2.56. The van der Waals surface area contributed by atoms with E-state index in [0.29, 0.717) is 25.8 Å². The van der Waals surface area contributed by atoms with Gasteiger partial charge in [-0.15, -0.1) is 0 Å². The summed E-state index contributed by atoms with van der Waals surface area (Å²) in [6.45, 7) is 0.576. The molecular formula is C33H44N10O3. The average molecular weight is 629 g/mol. The molecule has 0 aromatic heterocycles. The SMILES string of the molecule is NC(=O)[C@H](CCCN=C(N)N)NC(=O)[C@H](Cc1ccc(-c2ccc(-c3ccccc3)cc2)cc1)NC(=O)[C@@H](N)CCCN=C(N)N. The second-order valence-electron chi connectivity index (χ2n) is 10.9. The van der Waals surface area contributed by atoms with Crippen LogP contribution in [0.5, 0.6) is 0 Å². The molecule has 0 spiro atoms. The maximum Gasteiger partial charge on any atom is 0.243 e. The van der Waals surface area contributed by atoms with E-state index in [9.17, 15) is 14.4 Å². The molecule has 0 unspecified atom stereocenters. The zero-order chi connectivity index (χ0) is 33.5. The fourth-order valence-corrected chi connectivity index (χ4v) is 4.75. The molecule has 0 aliphatic carbocycles. The monoisotopic (exact) mass is 628 g/mol. The number of nitrogens with zero attached hydrogens (tertiary/aromatic N) is 2.